The fraction of sp³-hybridized carbons (Fsp3) is 0.400. The van der Waals surface area contributed by atoms with Crippen molar-refractivity contribution in [1.82, 2.24) is 4.57 Å². The molecule has 0 fully saturated rings. The fourth-order valence-corrected chi connectivity index (χ4v) is 3.35. The van der Waals surface area contributed by atoms with Gasteiger partial charge in [0.15, 0.2) is 0 Å². The second-order valence-corrected chi connectivity index (χ2v) is 5.92. The molecule has 0 radical (unpaired) electrons. The molecule has 0 unspecified atom stereocenters. The van der Waals surface area contributed by atoms with Gasteiger partial charge in [-0.3, -0.25) is 0 Å². The van der Waals surface area contributed by atoms with Gasteiger partial charge in [0.2, 0.25) is 0 Å². The van der Waals surface area contributed by atoms with E-state index in [0.717, 1.165) is 6.54 Å². The summed E-state index contributed by atoms with van der Waals surface area (Å²) in [5.41, 5.74) is 4.21. The summed E-state index contributed by atoms with van der Waals surface area (Å²) < 4.78 is 2.42. The zero-order chi connectivity index (χ0) is 14.7. The average Bonchev–Trinajstić information content (AvgIpc) is 2.85. The summed E-state index contributed by atoms with van der Waals surface area (Å²) in [6.45, 7) is 5.52. The molecular formula is C20H25N. The van der Waals surface area contributed by atoms with Crippen LogP contribution in [-0.2, 0) is 13.0 Å². The molecule has 1 heterocycles. The van der Waals surface area contributed by atoms with Gasteiger partial charge in [-0.1, -0.05) is 50.5 Å². The van der Waals surface area contributed by atoms with Crippen molar-refractivity contribution in [3.8, 4) is 0 Å². The number of hydrogen-bond acceptors (Lipinski definition) is 0. The molecule has 0 saturated heterocycles. The van der Waals surface area contributed by atoms with Crippen LogP contribution in [0.15, 0.2) is 42.5 Å². The Morgan fingerprint density at radius 2 is 1.62 bits per heavy atom. The maximum absolute atomic E-state index is 2.42. The molecule has 1 heteroatoms. The molecule has 0 amide bonds. The van der Waals surface area contributed by atoms with Gasteiger partial charge in [-0.2, -0.15) is 0 Å². The van der Waals surface area contributed by atoms with Gasteiger partial charge < -0.3 is 4.57 Å². The van der Waals surface area contributed by atoms with Crippen LogP contribution in [0.3, 0.4) is 0 Å². The Balaban J connectivity index is 1.99. The van der Waals surface area contributed by atoms with Crippen LogP contribution in [0, 0.1) is 0 Å². The minimum atomic E-state index is 1.03. The van der Waals surface area contributed by atoms with Crippen LogP contribution in [-0.4, -0.2) is 4.57 Å². The standard InChI is InChI=1S/C20H25N/c1-3-5-6-7-10-16-13-14-20-18(15-16)17-11-8-9-12-19(17)21(20)4-2/h8-9,11-15H,3-7,10H2,1-2H3. The zero-order valence-electron chi connectivity index (χ0n) is 13.2. The number of aromatic nitrogens is 1. The van der Waals surface area contributed by atoms with E-state index in [1.807, 2.05) is 0 Å². The predicted molar refractivity (Wildman–Crippen MR) is 93.0 cm³/mol. The van der Waals surface area contributed by atoms with Crippen LogP contribution < -0.4 is 0 Å². The first kappa shape index (κ1) is 14.2. The van der Waals surface area contributed by atoms with E-state index >= 15 is 0 Å². The van der Waals surface area contributed by atoms with Crippen molar-refractivity contribution in [2.75, 3.05) is 0 Å². The first-order valence-corrected chi connectivity index (χ1v) is 8.35. The van der Waals surface area contributed by atoms with Crippen molar-refractivity contribution >= 4 is 21.8 Å². The van der Waals surface area contributed by atoms with Crippen molar-refractivity contribution in [2.24, 2.45) is 0 Å². The minimum Gasteiger partial charge on any atom is -0.341 e. The molecule has 21 heavy (non-hydrogen) atoms. The lowest BCUT2D eigenvalue weighted by Crippen LogP contribution is -1.93. The normalized spacial score (nSPS) is 11.5. The van der Waals surface area contributed by atoms with E-state index in [1.165, 1.54) is 59.5 Å². The third-order valence-corrected chi connectivity index (χ3v) is 4.47. The molecule has 110 valence electrons. The fourth-order valence-electron chi connectivity index (χ4n) is 3.35. The maximum Gasteiger partial charge on any atom is 0.0491 e. The van der Waals surface area contributed by atoms with Crippen molar-refractivity contribution in [3.63, 3.8) is 0 Å². The summed E-state index contributed by atoms with van der Waals surface area (Å²) in [7, 11) is 0. The van der Waals surface area contributed by atoms with Crippen LogP contribution in [0.1, 0.15) is 45.1 Å². The van der Waals surface area contributed by atoms with Crippen molar-refractivity contribution in [1.29, 1.82) is 0 Å². The molecule has 3 aromatic rings. The van der Waals surface area contributed by atoms with E-state index in [1.54, 1.807) is 0 Å². The molecule has 0 aliphatic carbocycles. The van der Waals surface area contributed by atoms with E-state index in [9.17, 15) is 0 Å². The highest BCUT2D eigenvalue weighted by Gasteiger charge is 2.09. The Morgan fingerprint density at radius 3 is 2.43 bits per heavy atom. The second kappa shape index (κ2) is 6.34. The predicted octanol–water partition coefficient (Wildman–Crippen LogP) is 5.94. The van der Waals surface area contributed by atoms with E-state index in [2.05, 4.69) is 60.9 Å². The lowest BCUT2D eigenvalue weighted by Gasteiger charge is -2.04. The largest absolute Gasteiger partial charge is 0.341 e. The highest BCUT2D eigenvalue weighted by atomic mass is 15.0. The van der Waals surface area contributed by atoms with E-state index in [-0.39, 0.29) is 0 Å². The van der Waals surface area contributed by atoms with Crippen LogP contribution in [0.4, 0.5) is 0 Å². The van der Waals surface area contributed by atoms with Crippen molar-refractivity contribution in [3.05, 3.63) is 48.0 Å². The van der Waals surface area contributed by atoms with Gasteiger partial charge in [-0.25, -0.2) is 0 Å². The minimum absolute atomic E-state index is 1.03. The topological polar surface area (TPSA) is 4.93 Å². The number of aryl methyl sites for hydroxylation is 2. The number of fused-ring (bicyclic) bond motifs is 3. The SMILES string of the molecule is CCCCCCc1ccc2c(c1)c1ccccc1n2CC. The van der Waals surface area contributed by atoms with Crippen molar-refractivity contribution < 1.29 is 0 Å². The monoisotopic (exact) mass is 279 g/mol. The molecule has 1 aromatic heterocycles. The summed E-state index contributed by atoms with van der Waals surface area (Å²) in [4.78, 5) is 0. The smallest absolute Gasteiger partial charge is 0.0491 e. The van der Waals surface area contributed by atoms with Crippen LogP contribution in [0.25, 0.3) is 21.8 Å². The Labute approximate surface area is 127 Å². The molecule has 0 aliphatic heterocycles. The lowest BCUT2D eigenvalue weighted by molar-refractivity contribution is 0.667. The maximum atomic E-state index is 2.42. The van der Waals surface area contributed by atoms with Gasteiger partial charge in [0.05, 0.1) is 0 Å². The van der Waals surface area contributed by atoms with Gasteiger partial charge in [0.1, 0.15) is 0 Å². The van der Waals surface area contributed by atoms with Gasteiger partial charge >= 0.3 is 0 Å². The number of rotatable bonds is 6. The van der Waals surface area contributed by atoms with Gasteiger partial charge in [-0.15, -0.1) is 0 Å². The first-order chi connectivity index (χ1) is 10.3. The van der Waals surface area contributed by atoms with Gasteiger partial charge in [0.25, 0.3) is 0 Å². The molecule has 0 spiro atoms. The Morgan fingerprint density at radius 1 is 0.810 bits per heavy atom. The number of benzene rings is 2. The van der Waals surface area contributed by atoms with Gasteiger partial charge in [-0.05, 0) is 43.5 Å². The number of hydrogen-bond donors (Lipinski definition) is 0. The van der Waals surface area contributed by atoms with Crippen molar-refractivity contribution in [2.45, 2.75) is 52.5 Å². The summed E-state index contributed by atoms with van der Waals surface area (Å²) in [6, 6.07) is 15.8. The van der Waals surface area contributed by atoms with E-state index in [0.29, 0.717) is 0 Å². The third-order valence-electron chi connectivity index (χ3n) is 4.47. The zero-order valence-corrected chi connectivity index (χ0v) is 13.2. The summed E-state index contributed by atoms with van der Waals surface area (Å²) in [5.74, 6) is 0. The molecule has 0 N–H and O–H groups in total. The molecule has 3 rings (SSSR count). The molecule has 1 nitrogen and oxygen atoms in total. The molecule has 0 atom stereocenters. The molecule has 0 saturated carbocycles. The molecule has 0 aliphatic rings. The second-order valence-electron chi connectivity index (χ2n) is 5.92. The van der Waals surface area contributed by atoms with Crippen LogP contribution in [0.2, 0.25) is 0 Å². The van der Waals surface area contributed by atoms with E-state index < -0.39 is 0 Å². The highest BCUT2D eigenvalue weighted by molar-refractivity contribution is 6.08. The van der Waals surface area contributed by atoms with E-state index in [4.69, 9.17) is 0 Å². The summed E-state index contributed by atoms with van der Waals surface area (Å²) >= 11 is 0. The lowest BCUT2D eigenvalue weighted by atomic mass is 10.0. The molecule has 0 bridgehead atoms. The number of nitrogens with zero attached hydrogens (tertiary/aromatic N) is 1. The Kier molecular flexibility index (Phi) is 4.28. The first-order valence-electron chi connectivity index (χ1n) is 8.35. The Bertz CT molecular complexity index is 736. The van der Waals surface area contributed by atoms with Crippen LogP contribution in [0.5, 0.6) is 0 Å². The molecular weight excluding hydrogens is 254 g/mol. The number of unbranched alkanes of at least 4 members (excludes halogenated alkanes) is 3. The number of para-hydroxylation sites is 1. The Hall–Kier alpha value is -1.76. The van der Waals surface area contributed by atoms with Crippen LogP contribution >= 0.6 is 0 Å². The molecule has 2 aromatic carbocycles. The third kappa shape index (κ3) is 2.70. The average molecular weight is 279 g/mol. The van der Waals surface area contributed by atoms with Gasteiger partial charge in [0, 0.05) is 28.4 Å². The highest BCUT2D eigenvalue weighted by Crippen LogP contribution is 2.30. The summed E-state index contributed by atoms with van der Waals surface area (Å²) in [5, 5.41) is 2.81. The quantitative estimate of drug-likeness (QED) is 0.492. The summed E-state index contributed by atoms with van der Waals surface area (Å²) in [6.07, 6.45) is 6.54.